The Balaban J connectivity index is 1.24. The standard InChI is InChI=1S/C24H34N2O/c1-19(27)18-26-14-9-20(10-15-26)8-13-25-16-11-22(12-17-25)24-7-3-5-21-4-2-6-23(21)24/h3,5,7,11,20H,2,4,6,8-10,12-18H2,1H3. The van der Waals surface area contributed by atoms with Crippen LogP contribution < -0.4 is 0 Å². The van der Waals surface area contributed by atoms with E-state index in [1.807, 2.05) is 0 Å². The zero-order valence-corrected chi connectivity index (χ0v) is 16.9. The first kappa shape index (κ1) is 18.9. The molecule has 0 radical (unpaired) electrons. The fraction of sp³-hybridized carbons (Fsp3) is 0.625. The number of carbonyl (C=O) groups is 1. The van der Waals surface area contributed by atoms with Gasteiger partial charge in [-0.2, -0.15) is 0 Å². The number of hydrogen-bond donors (Lipinski definition) is 0. The molecule has 1 aromatic carbocycles. The molecule has 1 saturated heterocycles. The number of nitrogens with zero attached hydrogens (tertiary/aromatic N) is 2. The van der Waals surface area contributed by atoms with E-state index in [4.69, 9.17) is 0 Å². The van der Waals surface area contributed by atoms with E-state index in [-0.39, 0.29) is 0 Å². The first-order valence-electron chi connectivity index (χ1n) is 10.9. The van der Waals surface area contributed by atoms with Crippen molar-refractivity contribution in [3.63, 3.8) is 0 Å². The van der Waals surface area contributed by atoms with Gasteiger partial charge in [0.15, 0.2) is 0 Å². The van der Waals surface area contributed by atoms with Gasteiger partial charge in [0.05, 0.1) is 6.54 Å². The van der Waals surface area contributed by atoms with Gasteiger partial charge in [0, 0.05) is 13.1 Å². The lowest BCUT2D eigenvalue weighted by molar-refractivity contribution is -0.118. The molecule has 1 fully saturated rings. The zero-order valence-electron chi connectivity index (χ0n) is 16.9. The van der Waals surface area contributed by atoms with Gasteiger partial charge in [0.2, 0.25) is 0 Å². The summed E-state index contributed by atoms with van der Waals surface area (Å²) in [6, 6.07) is 6.93. The van der Waals surface area contributed by atoms with E-state index >= 15 is 0 Å². The molecule has 0 atom stereocenters. The Morgan fingerprint density at radius 3 is 2.67 bits per heavy atom. The molecule has 0 spiro atoms. The summed E-state index contributed by atoms with van der Waals surface area (Å²) in [5, 5.41) is 0. The number of likely N-dealkylation sites (tertiary alicyclic amines) is 1. The summed E-state index contributed by atoms with van der Waals surface area (Å²) < 4.78 is 0. The Hall–Kier alpha value is -1.45. The molecule has 1 aliphatic carbocycles. The first-order valence-corrected chi connectivity index (χ1v) is 10.9. The molecule has 146 valence electrons. The first-order chi connectivity index (χ1) is 13.2. The van der Waals surface area contributed by atoms with Crippen LogP contribution in [0.15, 0.2) is 24.3 Å². The number of hydrogen-bond acceptors (Lipinski definition) is 3. The van der Waals surface area contributed by atoms with Gasteiger partial charge in [-0.25, -0.2) is 0 Å². The number of carbonyl (C=O) groups excluding carboxylic acids is 1. The highest BCUT2D eigenvalue weighted by Crippen LogP contribution is 2.32. The number of rotatable bonds is 6. The number of aryl methyl sites for hydroxylation is 1. The van der Waals surface area contributed by atoms with E-state index in [2.05, 4.69) is 34.1 Å². The molecule has 3 aliphatic rings. The third-order valence-corrected chi connectivity index (χ3v) is 6.79. The van der Waals surface area contributed by atoms with Crippen molar-refractivity contribution in [2.45, 2.75) is 51.9 Å². The maximum atomic E-state index is 11.3. The van der Waals surface area contributed by atoms with E-state index in [0.717, 1.165) is 25.6 Å². The lowest BCUT2D eigenvalue weighted by Crippen LogP contribution is -2.38. The molecule has 0 saturated carbocycles. The average Bonchev–Trinajstić information content (AvgIpc) is 3.16. The Morgan fingerprint density at radius 1 is 1.07 bits per heavy atom. The molecule has 0 unspecified atom stereocenters. The molecule has 1 aromatic rings. The van der Waals surface area contributed by atoms with Crippen molar-refractivity contribution in [1.82, 2.24) is 9.80 Å². The molecule has 2 aliphatic heterocycles. The van der Waals surface area contributed by atoms with Crippen LogP contribution in [0.3, 0.4) is 0 Å². The van der Waals surface area contributed by atoms with E-state index in [1.165, 1.54) is 58.0 Å². The number of piperidine rings is 1. The number of Topliss-reactive ketones (excluding diaryl/α,β-unsaturated/α-hetero) is 1. The molecule has 0 bridgehead atoms. The highest BCUT2D eigenvalue weighted by atomic mass is 16.1. The normalized spacial score (nSPS) is 21.9. The van der Waals surface area contributed by atoms with E-state index in [9.17, 15) is 4.79 Å². The van der Waals surface area contributed by atoms with Gasteiger partial charge in [-0.1, -0.05) is 24.3 Å². The van der Waals surface area contributed by atoms with Crippen molar-refractivity contribution in [2.75, 3.05) is 39.3 Å². The largest absolute Gasteiger partial charge is 0.299 e. The van der Waals surface area contributed by atoms with Gasteiger partial charge in [-0.3, -0.25) is 14.6 Å². The van der Waals surface area contributed by atoms with Crippen molar-refractivity contribution in [1.29, 1.82) is 0 Å². The number of fused-ring (bicyclic) bond motifs is 1. The van der Waals surface area contributed by atoms with Crippen molar-refractivity contribution >= 4 is 11.4 Å². The van der Waals surface area contributed by atoms with Gasteiger partial charge in [-0.15, -0.1) is 0 Å². The Kier molecular flexibility index (Phi) is 6.09. The monoisotopic (exact) mass is 366 g/mol. The molecule has 0 N–H and O–H groups in total. The molecule has 2 heterocycles. The lowest BCUT2D eigenvalue weighted by Gasteiger charge is -2.33. The van der Waals surface area contributed by atoms with Crippen LogP contribution in [-0.2, 0) is 17.6 Å². The van der Waals surface area contributed by atoms with Crippen LogP contribution in [0.1, 0.15) is 55.7 Å². The highest BCUT2D eigenvalue weighted by molar-refractivity contribution is 5.77. The Labute approximate surface area is 164 Å². The molecular formula is C24H34N2O. The van der Waals surface area contributed by atoms with Crippen molar-refractivity contribution in [3.8, 4) is 0 Å². The summed E-state index contributed by atoms with van der Waals surface area (Å²) in [5.41, 5.74) is 6.35. The molecule has 0 amide bonds. The van der Waals surface area contributed by atoms with Crippen LogP contribution in [0.25, 0.3) is 5.57 Å². The fourth-order valence-corrected chi connectivity index (χ4v) is 5.19. The van der Waals surface area contributed by atoms with Gasteiger partial charge in [0.25, 0.3) is 0 Å². The van der Waals surface area contributed by atoms with Crippen LogP contribution in [0, 0.1) is 5.92 Å². The van der Waals surface area contributed by atoms with Crippen LogP contribution in [-0.4, -0.2) is 54.9 Å². The summed E-state index contributed by atoms with van der Waals surface area (Å²) in [4.78, 5) is 16.2. The van der Waals surface area contributed by atoms with E-state index in [1.54, 1.807) is 29.2 Å². The zero-order chi connectivity index (χ0) is 18.6. The van der Waals surface area contributed by atoms with Gasteiger partial charge < -0.3 is 0 Å². The third-order valence-electron chi connectivity index (χ3n) is 6.79. The average molecular weight is 367 g/mol. The second-order valence-corrected chi connectivity index (χ2v) is 8.79. The van der Waals surface area contributed by atoms with Gasteiger partial charge in [0.1, 0.15) is 5.78 Å². The van der Waals surface area contributed by atoms with Gasteiger partial charge >= 0.3 is 0 Å². The minimum absolute atomic E-state index is 0.299. The minimum Gasteiger partial charge on any atom is -0.299 e. The molecule has 3 heteroatoms. The van der Waals surface area contributed by atoms with Crippen LogP contribution in [0.2, 0.25) is 0 Å². The van der Waals surface area contributed by atoms with E-state index in [0.29, 0.717) is 12.3 Å². The predicted molar refractivity (Wildman–Crippen MR) is 112 cm³/mol. The summed E-state index contributed by atoms with van der Waals surface area (Å²) in [6.07, 6.45) is 11.4. The Morgan fingerprint density at radius 2 is 1.93 bits per heavy atom. The SMILES string of the molecule is CC(=O)CN1CCC(CCN2CC=C(c3cccc4c3CCC4)CC2)CC1. The van der Waals surface area contributed by atoms with Crippen molar-refractivity contribution < 1.29 is 4.79 Å². The number of benzene rings is 1. The fourth-order valence-electron chi connectivity index (χ4n) is 5.19. The maximum Gasteiger partial charge on any atom is 0.143 e. The number of ketones is 1. The van der Waals surface area contributed by atoms with Crippen LogP contribution >= 0.6 is 0 Å². The Bertz CT molecular complexity index is 700. The molecule has 3 nitrogen and oxygen atoms in total. The minimum atomic E-state index is 0.299. The molecule has 27 heavy (non-hydrogen) atoms. The van der Waals surface area contributed by atoms with E-state index < -0.39 is 0 Å². The summed E-state index contributed by atoms with van der Waals surface area (Å²) in [7, 11) is 0. The topological polar surface area (TPSA) is 23.6 Å². The smallest absolute Gasteiger partial charge is 0.143 e. The van der Waals surface area contributed by atoms with Crippen LogP contribution in [0.5, 0.6) is 0 Å². The second-order valence-electron chi connectivity index (χ2n) is 8.79. The summed E-state index contributed by atoms with van der Waals surface area (Å²) >= 11 is 0. The molecular weight excluding hydrogens is 332 g/mol. The highest BCUT2D eigenvalue weighted by Gasteiger charge is 2.22. The molecule has 4 rings (SSSR count). The lowest BCUT2D eigenvalue weighted by atomic mass is 9.91. The van der Waals surface area contributed by atoms with Crippen molar-refractivity contribution in [3.05, 3.63) is 41.0 Å². The third kappa shape index (κ3) is 4.70. The summed E-state index contributed by atoms with van der Waals surface area (Å²) in [6.45, 7) is 8.11. The van der Waals surface area contributed by atoms with Crippen molar-refractivity contribution in [2.24, 2.45) is 5.92 Å². The predicted octanol–water partition coefficient (Wildman–Crippen LogP) is 3.96. The van der Waals surface area contributed by atoms with Gasteiger partial charge in [-0.05, 0) is 99.7 Å². The quantitative estimate of drug-likeness (QED) is 0.761. The second kappa shape index (κ2) is 8.70. The van der Waals surface area contributed by atoms with Crippen LogP contribution in [0.4, 0.5) is 0 Å². The maximum absolute atomic E-state index is 11.3. The summed E-state index contributed by atoms with van der Waals surface area (Å²) in [5.74, 6) is 1.14. The molecule has 0 aromatic heterocycles.